The fraction of sp³-hybridized carbons (Fsp3) is 0.250. The molecule has 1 N–H and O–H groups in total. The van der Waals surface area contributed by atoms with E-state index in [1.54, 1.807) is 12.1 Å². The van der Waals surface area contributed by atoms with Crippen molar-refractivity contribution >= 4 is 11.4 Å². The van der Waals surface area contributed by atoms with Crippen LogP contribution in [-0.2, 0) is 6.42 Å². The number of nitrogens with one attached hydrogen (secondary N) is 1. The van der Waals surface area contributed by atoms with Crippen LogP contribution in [0.1, 0.15) is 16.7 Å². The molecule has 0 aliphatic carbocycles. The van der Waals surface area contributed by atoms with Crippen LogP contribution in [0, 0.1) is 24.0 Å². The van der Waals surface area contributed by atoms with Crippen LogP contribution in [0.25, 0.3) is 0 Å². The number of nitro groups is 1. The topological polar surface area (TPSA) is 55.2 Å². The first kappa shape index (κ1) is 14.1. The summed E-state index contributed by atoms with van der Waals surface area (Å²) in [5.41, 5.74) is 4.32. The van der Waals surface area contributed by atoms with Crippen LogP contribution < -0.4 is 5.32 Å². The maximum absolute atomic E-state index is 10.8. The van der Waals surface area contributed by atoms with Gasteiger partial charge in [-0.1, -0.05) is 29.8 Å². The van der Waals surface area contributed by atoms with Crippen LogP contribution in [0.5, 0.6) is 0 Å². The molecular formula is C16H18N2O2. The molecule has 0 unspecified atom stereocenters. The summed E-state index contributed by atoms with van der Waals surface area (Å²) in [5, 5.41) is 14.1. The minimum Gasteiger partial charge on any atom is -0.385 e. The Balaban J connectivity index is 1.99. The predicted octanol–water partition coefficient (Wildman–Crippen LogP) is 3.87. The largest absolute Gasteiger partial charge is 0.385 e. The molecule has 0 spiro atoms. The van der Waals surface area contributed by atoms with Gasteiger partial charge in [0.15, 0.2) is 0 Å². The Hall–Kier alpha value is -2.36. The van der Waals surface area contributed by atoms with Gasteiger partial charge in [0.2, 0.25) is 0 Å². The van der Waals surface area contributed by atoms with Crippen molar-refractivity contribution in [2.45, 2.75) is 20.3 Å². The SMILES string of the molecule is Cc1cccc(CCNc2cc(C)cc([N+](=O)[O-])c2)c1. The number of nitrogens with zero attached hydrogens (tertiary/aromatic N) is 1. The Morgan fingerprint density at radius 1 is 1.10 bits per heavy atom. The second kappa shape index (κ2) is 6.19. The molecule has 0 aliphatic heterocycles. The first-order valence-electron chi connectivity index (χ1n) is 6.60. The van der Waals surface area contributed by atoms with Crippen LogP contribution in [0.3, 0.4) is 0 Å². The minimum atomic E-state index is -0.362. The van der Waals surface area contributed by atoms with Gasteiger partial charge in [0.05, 0.1) is 4.92 Å². The first-order chi connectivity index (χ1) is 9.54. The summed E-state index contributed by atoms with van der Waals surface area (Å²) in [6.07, 6.45) is 0.892. The lowest BCUT2D eigenvalue weighted by Crippen LogP contribution is -2.05. The summed E-state index contributed by atoms with van der Waals surface area (Å²) in [5.74, 6) is 0. The quantitative estimate of drug-likeness (QED) is 0.663. The summed E-state index contributed by atoms with van der Waals surface area (Å²) in [6.45, 7) is 4.68. The van der Waals surface area contributed by atoms with Crippen LogP contribution in [0.2, 0.25) is 0 Å². The number of benzene rings is 2. The number of non-ortho nitro benzene ring substituents is 1. The van der Waals surface area contributed by atoms with Gasteiger partial charge in [-0.15, -0.1) is 0 Å². The van der Waals surface area contributed by atoms with Crippen LogP contribution in [-0.4, -0.2) is 11.5 Å². The van der Waals surface area contributed by atoms with Crippen molar-refractivity contribution in [1.82, 2.24) is 0 Å². The number of rotatable bonds is 5. The molecule has 0 saturated heterocycles. The van der Waals surface area contributed by atoms with Crippen molar-refractivity contribution in [3.63, 3.8) is 0 Å². The van der Waals surface area contributed by atoms with Gasteiger partial charge in [0.25, 0.3) is 5.69 Å². The van der Waals surface area contributed by atoms with Gasteiger partial charge in [-0.3, -0.25) is 10.1 Å². The molecule has 0 radical (unpaired) electrons. The van der Waals surface area contributed by atoms with E-state index in [0.717, 1.165) is 24.2 Å². The molecule has 4 heteroatoms. The third kappa shape index (κ3) is 3.82. The average molecular weight is 270 g/mol. The van der Waals surface area contributed by atoms with Gasteiger partial charge < -0.3 is 5.32 Å². The molecule has 2 aromatic carbocycles. The lowest BCUT2D eigenvalue weighted by Gasteiger charge is -2.08. The normalized spacial score (nSPS) is 10.3. The molecule has 4 nitrogen and oxygen atoms in total. The van der Waals surface area contributed by atoms with Gasteiger partial charge in [0, 0.05) is 24.4 Å². The zero-order valence-corrected chi connectivity index (χ0v) is 11.7. The smallest absolute Gasteiger partial charge is 0.271 e. The van der Waals surface area contributed by atoms with Crippen molar-refractivity contribution in [2.75, 3.05) is 11.9 Å². The molecule has 0 heterocycles. The van der Waals surface area contributed by atoms with Crippen molar-refractivity contribution in [3.05, 3.63) is 69.3 Å². The zero-order chi connectivity index (χ0) is 14.5. The van der Waals surface area contributed by atoms with Gasteiger partial charge >= 0.3 is 0 Å². The minimum absolute atomic E-state index is 0.128. The van der Waals surface area contributed by atoms with E-state index in [4.69, 9.17) is 0 Å². The number of anilines is 1. The fourth-order valence-corrected chi connectivity index (χ4v) is 2.19. The van der Waals surface area contributed by atoms with E-state index < -0.39 is 0 Å². The van der Waals surface area contributed by atoms with Gasteiger partial charge in [-0.05, 0) is 37.5 Å². The second-order valence-electron chi connectivity index (χ2n) is 4.98. The molecule has 20 heavy (non-hydrogen) atoms. The zero-order valence-electron chi connectivity index (χ0n) is 11.7. The lowest BCUT2D eigenvalue weighted by molar-refractivity contribution is -0.384. The van der Waals surface area contributed by atoms with Gasteiger partial charge in [-0.25, -0.2) is 0 Å². The lowest BCUT2D eigenvalue weighted by atomic mass is 10.1. The molecule has 104 valence electrons. The Kier molecular flexibility index (Phi) is 4.35. The second-order valence-corrected chi connectivity index (χ2v) is 4.98. The molecule has 0 aliphatic rings. The predicted molar refractivity (Wildman–Crippen MR) is 81.2 cm³/mol. The highest BCUT2D eigenvalue weighted by Crippen LogP contribution is 2.20. The molecule has 0 saturated carbocycles. The highest BCUT2D eigenvalue weighted by molar-refractivity contribution is 5.53. The molecule has 0 fully saturated rings. The summed E-state index contributed by atoms with van der Waals surface area (Å²) < 4.78 is 0. The van der Waals surface area contributed by atoms with Crippen molar-refractivity contribution in [3.8, 4) is 0 Å². The number of hydrogen-bond acceptors (Lipinski definition) is 3. The van der Waals surface area contributed by atoms with E-state index in [-0.39, 0.29) is 10.6 Å². The summed E-state index contributed by atoms with van der Waals surface area (Å²) in [4.78, 5) is 10.5. The van der Waals surface area contributed by atoms with E-state index in [1.807, 2.05) is 19.1 Å². The number of aryl methyl sites for hydroxylation is 2. The molecule has 2 rings (SSSR count). The Bertz CT molecular complexity index is 624. The third-order valence-corrected chi connectivity index (χ3v) is 3.10. The average Bonchev–Trinajstić information content (AvgIpc) is 2.38. The van der Waals surface area contributed by atoms with Crippen molar-refractivity contribution in [2.24, 2.45) is 0 Å². The highest BCUT2D eigenvalue weighted by atomic mass is 16.6. The maximum atomic E-state index is 10.8. The number of hydrogen-bond donors (Lipinski definition) is 1. The molecule has 0 aromatic heterocycles. The molecule has 0 amide bonds. The summed E-state index contributed by atoms with van der Waals surface area (Å²) in [6, 6.07) is 13.4. The van der Waals surface area contributed by atoms with E-state index in [9.17, 15) is 10.1 Å². The highest BCUT2D eigenvalue weighted by Gasteiger charge is 2.07. The van der Waals surface area contributed by atoms with Crippen molar-refractivity contribution in [1.29, 1.82) is 0 Å². The standard InChI is InChI=1S/C16H18N2O2/c1-12-4-3-5-14(8-12)6-7-17-15-9-13(2)10-16(11-15)18(19)20/h3-5,8-11,17H,6-7H2,1-2H3. The van der Waals surface area contributed by atoms with Gasteiger partial charge in [-0.2, -0.15) is 0 Å². The fourth-order valence-electron chi connectivity index (χ4n) is 2.19. The van der Waals surface area contributed by atoms with Crippen LogP contribution in [0.15, 0.2) is 42.5 Å². The van der Waals surface area contributed by atoms with E-state index in [1.165, 1.54) is 11.1 Å². The van der Waals surface area contributed by atoms with Crippen LogP contribution >= 0.6 is 0 Å². The monoisotopic (exact) mass is 270 g/mol. The summed E-state index contributed by atoms with van der Waals surface area (Å²) in [7, 11) is 0. The summed E-state index contributed by atoms with van der Waals surface area (Å²) >= 11 is 0. The van der Waals surface area contributed by atoms with E-state index in [2.05, 4.69) is 30.4 Å². The number of nitro benzene ring substituents is 1. The maximum Gasteiger partial charge on any atom is 0.271 e. The van der Waals surface area contributed by atoms with E-state index >= 15 is 0 Å². The van der Waals surface area contributed by atoms with E-state index in [0.29, 0.717) is 0 Å². The molecule has 0 atom stereocenters. The van der Waals surface area contributed by atoms with Gasteiger partial charge in [0.1, 0.15) is 0 Å². The molecule has 0 bridgehead atoms. The Morgan fingerprint density at radius 3 is 2.60 bits per heavy atom. The molecule has 2 aromatic rings. The molecular weight excluding hydrogens is 252 g/mol. The Labute approximate surface area is 118 Å². The van der Waals surface area contributed by atoms with Crippen molar-refractivity contribution < 1.29 is 4.92 Å². The first-order valence-corrected chi connectivity index (χ1v) is 6.60. The third-order valence-electron chi connectivity index (χ3n) is 3.10. The van der Waals surface area contributed by atoms with Crippen LogP contribution in [0.4, 0.5) is 11.4 Å². The Morgan fingerprint density at radius 2 is 1.90 bits per heavy atom.